The Hall–Kier alpha value is -2.62. The first kappa shape index (κ1) is 22.1. The number of nitrogens with zero attached hydrogens (tertiary/aromatic N) is 2. The maximum atomic E-state index is 13.5. The fourth-order valence-electron chi connectivity index (χ4n) is 4.24. The van der Waals surface area contributed by atoms with Crippen LogP contribution in [0.1, 0.15) is 65.5 Å². The van der Waals surface area contributed by atoms with Gasteiger partial charge in [-0.3, -0.25) is 9.59 Å². The van der Waals surface area contributed by atoms with Gasteiger partial charge in [0.15, 0.2) is 0 Å². The average molecular weight is 407 g/mol. The highest BCUT2D eigenvalue weighted by atomic mass is 16.2. The first-order valence-corrected chi connectivity index (χ1v) is 11.2. The van der Waals surface area contributed by atoms with Crippen molar-refractivity contribution in [3.05, 3.63) is 60.2 Å². The molecule has 160 valence electrons. The number of hydrogen-bond acceptors (Lipinski definition) is 2. The van der Waals surface area contributed by atoms with E-state index in [1.54, 1.807) is 0 Å². The molecule has 3 rings (SSSR count). The minimum atomic E-state index is -0.0962. The Morgan fingerprint density at radius 2 is 1.57 bits per heavy atom. The zero-order valence-electron chi connectivity index (χ0n) is 18.8. The van der Waals surface area contributed by atoms with Crippen molar-refractivity contribution in [3.8, 4) is 0 Å². The molecule has 1 aliphatic heterocycles. The molecule has 0 saturated heterocycles. The number of carbonyl (C=O) groups excluding carboxylic acids is 2. The summed E-state index contributed by atoms with van der Waals surface area (Å²) in [5.74, 6) is 0.212. The molecule has 1 heterocycles. The summed E-state index contributed by atoms with van der Waals surface area (Å²) >= 11 is 0. The molecule has 0 spiro atoms. The van der Waals surface area contributed by atoms with E-state index in [4.69, 9.17) is 0 Å². The molecule has 0 bridgehead atoms. The van der Waals surface area contributed by atoms with Gasteiger partial charge >= 0.3 is 0 Å². The monoisotopic (exact) mass is 406 g/mol. The molecular weight excluding hydrogens is 372 g/mol. The third-order valence-electron chi connectivity index (χ3n) is 6.45. The maximum Gasteiger partial charge on any atom is 0.230 e. The van der Waals surface area contributed by atoms with Gasteiger partial charge < -0.3 is 9.80 Å². The Morgan fingerprint density at radius 1 is 0.967 bits per heavy atom. The molecule has 0 aromatic heterocycles. The minimum Gasteiger partial charge on any atom is -0.309 e. The van der Waals surface area contributed by atoms with Crippen LogP contribution in [-0.4, -0.2) is 17.9 Å². The van der Waals surface area contributed by atoms with E-state index in [-0.39, 0.29) is 35.7 Å². The molecule has 4 nitrogen and oxygen atoms in total. The van der Waals surface area contributed by atoms with Crippen molar-refractivity contribution in [2.24, 2.45) is 11.8 Å². The van der Waals surface area contributed by atoms with Crippen molar-refractivity contribution in [1.82, 2.24) is 0 Å². The second-order valence-corrected chi connectivity index (χ2v) is 8.53. The van der Waals surface area contributed by atoms with Crippen LogP contribution < -0.4 is 9.80 Å². The fraction of sp³-hybridized carbons (Fsp3) is 0.462. The lowest BCUT2D eigenvalue weighted by Crippen LogP contribution is -2.49. The van der Waals surface area contributed by atoms with Gasteiger partial charge in [0, 0.05) is 29.3 Å². The number of fused-ring (bicyclic) bond motifs is 1. The van der Waals surface area contributed by atoms with Crippen LogP contribution >= 0.6 is 0 Å². The summed E-state index contributed by atoms with van der Waals surface area (Å²) in [6, 6.07) is 17.9. The summed E-state index contributed by atoms with van der Waals surface area (Å²) in [6.45, 7) is 10.2. The predicted octanol–water partition coefficient (Wildman–Crippen LogP) is 5.98. The highest BCUT2D eigenvalue weighted by Crippen LogP contribution is 2.43. The van der Waals surface area contributed by atoms with E-state index < -0.39 is 0 Å². The molecule has 0 N–H and O–H groups in total. The number of amides is 2. The van der Waals surface area contributed by atoms with Gasteiger partial charge in [0.2, 0.25) is 11.8 Å². The lowest BCUT2D eigenvalue weighted by atomic mass is 9.88. The lowest BCUT2D eigenvalue weighted by Gasteiger charge is -2.44. The smallest absolute Gasteiger partial charge is 0.230 e. The second kappa shape index (κ2) is 9.46. The number of hydrogen-bond donors (Lipinski definition) is 0. The number of carbonyl (C=O) groups is 2. The highest BCUT2D eigenvalue weighted by Gasteiger charge is 2.39. The van der Waals surface area contributed by atoms with Gasteiger partial charge in [-0.2, -0.15) is 0 Å². The summed E-state index contributed by atoms with van der Waals surface area (Å²) in [4.78, 5) is 30.6. The summed E-state index contributed by atoms with van der Waals surface area (Å²) in [5.41, 5.74) is 2.90. The SMILES string of the molecule is CC[C@@H](C)C(=O)N1c2ccccc2[C@@H](N(C(=O)[C@@H](C)CC)c2ccccc2)C[C@@H]1C. The van der Waals surface area contributed by atoms with Crippen molar-refractivity contribution in [1.29, 1.82) is 0 Å². The van der Waals surface area contributed by atoms with E-state index in [0.29, 0.717) is 0 Å². The normalized spacial score (nSPS) is 20.2. The molecule has 1 aliphatic rings. The van der Waals surface area contributed by atoms with Gasteiger partial charge in [0.1, 0.15) is 0 Å². The zero-order chi connectivity index (χ0) is 21.8. The van der Waals surface area contributed by atoms with E-state index >= 15 is 0 Å². The van der Waals surface area contributed by atoms with Gasteiger partial charge in [-0.25, -0.2) is 0 Å². The molecule has 2 amide bonds. The van der Waals surface area contributed by atoms with Crippen molar-refractivity contribution in [3.63, 3.8) is 0 Å². The number of para-hydroxylation sites is 2. The van der Waals surface area contributed by atoms with Gasteiger partial charge in [0.05, 0.1) is 6.04 Å². The molecule has 0 radical (unpaired) electrons. The van der Waals surface area contributed by atoms with Gasteiger partial charge in [0.25, 0.3) is 0 Å². The Morgan fingerprint density at radius 3 is 2.20 bits per heavy atom. The molecule has 0 unspecified atom stereocenters. The van der Waals surface area contributed by atoms with Crippen molar-refractivity contribution in [2.75, 3.05) is 9.80 Å². The maximum absolute atomic E-state index is 13.5. The summed E-state index contributed by atoms with van der Waals surface area (Å²) < 4.78 is 0. The first-order valence-electron chi connectivity index (χ1n) is 11.2. The third-order valence-corrected chi connectivity index (χ3v) is 6.45. The van der Waals surface area contributed by atoms with Crippen molar-refractivity contribution in [2.45, 2.75) is 66.0 Å². The Labute approximate surface area is 180 Å². The molecular formula is C26H34N2O2. The van der Waals surface area contributed by atoms with E-state index in [9.17, 15) is 9.59 Å². The van der Waals surface area contributed by atoms with Crippen LogP contribution in [0.5, 0.6) is 0 Å². The Bertz CT molecular complexity index is 880. The van der Waals surface area contributed by atoms with Gasteiger partial charge in [-0.05, 0) is 49.9 Å². The quantitative estimate of drug-likeness (QED) is 0.592. The largest absolute Gasteiger partial charge is 0.309 e. The average Bonchev–Trinajstić information content (AvgIpc) is 2.78. The van der Waals surface area contributed by atoms with Crippen LogP contribution in [0.2, 0.25) is 0 Å². The second-order valence-electron chi connectivity index (χ2n) is 8.53. The van der Waals surface area contributed by atoms with E-state index in [1.807, 2.05) is 79.1 Å². The minimum absolute atomic E-state index is 0.0161. The van der Waals surface area contributed by atoms with E-state index in [1.165, 1.54) is 0 Å². The highest BCUT2D eigenvalue weighted by molar-refractivity contribution is 5.99. The third kappa shape index (κ3) is 4.14. The van der Waals surface area contributed by atoms with Crippen LogP contribution in [0.25, 0.3) is 0 Å². The van der Waals surface area contributed by atoms with Gasteiger partial charge in [-0.1, -0.05) is 64.1 Å². The molecule has 0 saturated carbocycles. The Kier molecular flexibility index (Phi) is 6.96. The van der Waals surface area contributed by atoms with Crippen LogP contribution in [0, 0.1) is 11.8 Å². The predicted molar refractivity (Wildman–Crippen MR) is 124 cm³/mol. The lowest BCUT2D eigenvalue weighted by molar-refractivity contribution is -0.122. The van der Waals surface area contributed by atoms with Gasteiger partial charge in [-0.15, -0.1) is 0 Å². The standard InChI is InChI=1S/C26H34N2O2/c1-6-18(3)25(29)27-20(5)17-24(22-15-11-12-16-23(22)27)28(26(30)19(4)7-2)21-13-9-8-10-14-21/h8-16,18-20,24H,6-7,17H2,1-5H3/t18-,19+,20+,24+/m1/s1. The number of rotatable bonds is 6. The van der Waals surface area contributed by atoms with E-state index in [0.717, 1.165) is 36.2 Å². The van der Waals surface area contributed by atoms with Crippen LogP contribution in [0.4, 0.5) is 11.4 Å². The molecule has 0 fully saturated rings. The van der Waals surface area contributed by atoms with E-state index in [2.05, 4.69) is 19.9 Å². The summed E-state index contributed by atoms with van der Waals surface area (Å²) in [6.07, 6.45) is 2.33. The molecule has 2 aromatic rings. The Balaban J connectivity index is 2.11. The molecule has 4 heteroatoms. The van der Waals surface area contributed by atoms with Crippen LogP contribution in [0.15, 0.2) is 54.6 Å². The number of anilines is 2. The summed E-state index contributed by atoms with van der Waals surface area (Å²) in [5, 5.41) is 0. The molecule has 0 aliphatic carbocycles. The molecule has 4 atom stereocenters. The molecule has 30 heavy (non-hydrogen) atoms. The van der Waals surface area contributed by atoms with Crippen LogP contribution in [-0.2, 0) is 9.59 Å². The van der Waals surface area contributed by atoms with Crippen molar-refractivity contribution >= 4 is 23.2 Å². The molecule has 2 aromatic carbocycles. The fourth-order valence-corrected chi connectivity index (χ4v) is 4.24. The van der Waals surface area contributed by atoms with Crippen LogP contribution in [0.3, 0.4) is 0 Å². The van der Waals surface area contributed by atoms with Crippen molar-refractivity contribution < 1.29 is 9.59 Å². The zero-order valence-corrected chi connectivity index (χ0v) is 18.8. The number of benzene rings is 2. The summed E-state index contributed by atoms with van der Waals surface area (Å²) in [7, 11) is 0. The first-order chi connectivity index (χ1) is 14.4. The topological polar surface area (TPSA) is 40.6 Å².